The van der Waals surface area contributed by atoms with Crippen LogP contribution < -0.4 is 0 Å². The van der Waals surface area contributed by atoms with Gasteiger partial charge in [0.15, 0.2) is 0 Å². The predicted molar refractivity (Wildman–Crippen MR) is 87.9 cm³/mol. The quantitative estimate of drug-likeness (QED) is 0.752. The summed E-state index contributed by atoms with van der Waals surface area (Å²) in [4.78, 5) is 14.5. The lowest BCUT2D eigenvalue weighted by atomic mass is 9.71. The van der Waals surface area contributed by atoms with Crippen molar-refractivity contribution in [2.75, 3.05) is 6.54 Å². The molecule has 0 aliphatic carbocycles. The molecular weight excluding hydrogens is 306 g/mol. The lowest BCUT2D eigenvalue weighted by Crippen LogP contribution is -2.59. The first kappa shape index (κ1) is 15.0. The maximum absolute atomic E-state index is 12.9. The Kier molecular flexibility index (Phi) is 3.28. The molecule has 0 saturated carbocycles. The summed E-state index contributed by atoms with van der Waals surface area (Å²) in [6, 6.07) is 11.2. The van der Waals surface area contributed by atoms with E-state index in [9.17, 15) is 20.1 Å². The summed E-state index contributed by atoms with van der Waals surface area (Å²) in [7, 11) is 0. The first-order valence-electron chi connectivity index (χ1n) is 8.19. The van der Waals surface area contributed by atoms with Crippen molar-refractivity contribution in [1.82, 2.24) is 4.90 Å². The number of aromatic hydroxyl groups is 2. The number of piperidine rings is 1. The largest absolute Gasteiger partial charge is 0.508 e. The van der Waals surface area contributed by atoms with Crippen molar-refractivity contribution < 1.29 is 20.1 Å². The van der Waals surface area contributed by atoms with E-state index in [4.69, 9.17) is 0 Å². The highest BCUT2D eigenvalue weighted by Crippen LogP contribution is 2.49. The number of benzene rings is 2. The van der Waals surface area contributed by atoms with Crippen LogP contribution in [0, 0.1) is 0 Å². The minimum Gasteiger partial charge on any atom is -0.508 e. The van der Waals surface area contributed by atoms with Crippen molar-refractivity contribution in [1.29, 1.82) is 0 Å². The second kappa shape index (κ2) is 5.24. The fourth-order valence-electron chi connectivity index (χ4n) is 4.14. The molecule has 5 nitrogen and oxygen atoms in total. The third kappa shape index (κ3) is 1.94. The molecule has 0 bridgehead atoms. The smallest absolute Gasteiger partial charge is 0.254 e. The van der Waals surface area contributed by atoms with Crippen molar-refractivity contribution >= 4 is 5.91 Å². The highest BCUT2D eigenvalue weighted by atomic mass is 16.3. The Bertz CT molecular complexity index is 805. The van der Waals surface area contributed by atoms with Crippen LogP contribution in [0.1, 0.15) is 40.7 Å². The van der Waals surface area contributed by atoms with Crippen LogP contribution in [0.5, 0.6) is 11.5 Å². The van der Waals surface area contributed by atoms with Gasteiger partial charge in [-0.25, -0.2) is 0 Å². The number of carbonyl (C=O) groups excluding carboxylic acids is 1. The molecule has 0 radical (unpaired) electrons. The van der Waals surface area contributed by atoms with Crippen LogP contribution in [0.25, 0.3) is 0 Å². The van der Waals surface area contributed by atoms with Crippen LogP contribution in [0.3, 0.4) is 0 Å². The molecule has 24 heavy (non-hydrogen) atoms. The average Bonchev–Trinajstić information content (AvgIpc) is 2.60. The SMILES string of the molecule is O=C1c2cc(O)cc(O)c2C(O)(c2ccccc2)C2CCCCN12. The van der Waals surface area contributed by atoms with Gasteiger partial charge >= 0.3 is 0 Å². The second-order valence-corrected chi connectivity index (χ2v) is 6.53. The van der Waals surface area contributed by atoms with E-state index in [-0.39, 0.29) is 28.5 Å². The van der Waals surface area contributed by atoms with Crippen LogP contribution in [-0.4, -0.2) is 38.7 Å². The lowest BCUT2D eigenvalue weighted by molar-refractivity contribution is -0.0393. The zero-order chi connectivity index (χ0) is 16.9. The number of carbonyl (C=O) groups is 1. The normalized spacial score (nSPS) is 26.0. The van der Waals surface area contributed by atoms with E-state index in [1.54, 1.807) is 17.0 Å². The molecule has 2 aromatic carbocycles. The Morgan fingerprint density at radius 3 is 2.58 bits per heavy atom. The van der Waals surface area contributed by atoms with Crippen molar-refractivity contribution in [3.8, 4) is 11.5 Å². The summed E-state index contributed by atoms with van der Waals surface area (Å²) in [5.74, 6) is -0.693. The molecule has 3 N–H and O–H groups in total. The van der Waals surface area contributed by atoms with E-state index in [0.717, 1.165) is 12.8 Å². The van der Waals surface area contributed by atoms with Gasteiger partial charge < -0.3 is 20.2 Å². The molecule has 2 aliphatic heterocycles. The van der Waals surface area contributed by atoms with E-state index in [0.29, 0.717) is 18.5 Å². The molecule has 1 saturated heterocycles. The Labute approximate surface area is 139 Å². The van der Waals surface area contributed by atoms with Gasteiger partial charge in [-0.2, -0.15) is 0 Å². The minimum absolute atomic E-state index is 0.164. The summed E-state index contributed by atoms with van der Waals surface area (Å²) >= 11 is 0. The number of fused-ring (bicyclic) bond motifs is 2. The molecule has 0 spiro atoms. The van der Waals surface area contributed by atoms with Crippen LogP contribution in [0.15, 0.2) is 42.5 Å². The average molecular weight is 325 g/mol. The topological polar surface area (TPSA) is 81.0 Å². The number of amides is 1. The van der Waals surface area contributed by atoms with E-state index in [2.05, 4.69) is 0 Å². The lowest BCUT2D eigenvalue weighted by Gasteiger charge is -2.50. The van der Waals surface area contributed by atoms with Crippen LogP contribution in [-0.2, 0) is 5.60 Å². The number of rotatable bonds is 1. The number of phenols is 2. The molecule has 1 fully saturated rings. The predicted octanol–water partition coefficient (Wildman–Crippen LogP) is 2.34. The van der Waals surface area contributed by atoms with Gasteiger partial charge in [0, 0.05) is 18.2 Å². The molecule has 2 atom stereocenters. The summed E-state index contributed by atoms with van der Waals surface area (Å²) < 4.78 is 0. The van der Waals surface area contributed by atoms with Gasteiger partial charge in [0.1, 0.15) is 17.1 Å². The van der Waals surface area contributed by atoms with Gasteiger partial charge in [-0.1, -0.05) is 30.3 Å². The van der Waals surface area contributed by atoms with E-state index < -0.39 is 11.6 Å². The first-order valence-corrected chi connectivity index (χ1v) is 8.19. The number of hydrogen-bond donors (Lipinski definition) is 3. The Morgan fingerprint density at radius 1 is 1.08 bits per heavy atom. The molecule has 2 unspecified atom stereocenters. The standard InChI is InChI=1S/C19H19NO4/c21-13-10-14-17(15(22)11-13)19(24,12-6-2-1-3-7-12)16-8-4-5-9-20(16)18(14)23/h1-3,6-7,10-11,16,21-22,24H,4-5,8-9H2. The van der Waals surface area contributed by atoms with Crippen molar-refractivity contribution in [3.63, 3.8) is 0 Å². The number of hydrogen-bond acceptors (Lipinski definition) is 4. The zero-order valence-corrected chi connectivity index (χ0v) is 13.1. The maximum Gasteiger partial charge on any atom is 0.254 e. The van der Waals surface area contributed by atoms with E-state index in [1.807, 2.05) is 18.2 Å². The molecule has 2 aromatic rings. The highest BCUT2D eigenvalue weighted by Gasteiger charge is 2.53. The molecule has 4 rings (SSSR count). The number of nitrogens with zero attached hydrogens (tertiary/aromatic N) is 1. The Hall–Kier alpha value is -2.53. The number of phenolic OH excluding ortho intramolecular Hbond substituents is 2. The summed E-state index contributed by atoms with van der Waals surface area (Å²) in [6.07, 6.45) is 2.46. The van der Waals surface area contributed by atoms with E-state index >= 15 is 0 Å². The summed E-state index contributed by atoms with van der Waals surface area (Å²) in [5, 5.41) is 32.0. The monoisotopic (exact) mass is 325 g/mol. The van der Waals surface area contributed by atoms with Crippen LogP contribution >= 0.6 is 0 Å². The zero-order valence-electron chi connectivity index (χ0n) is 13.1. The molecule has 2 aliphatic rings. The molecule has 124 valence electrons. The molecule has 0 aromatic heterocycles. The maximum atomic E-state index is 12.9. The molecule has 5 heteroatoms. The van der Waals surface area contributed by atoms with E-state index in [1.165, 1.54) is 12.1 Å². The van der Waals surface area contributed by atoms with Gasteiger partial charge in [-0.15, -0.1) is 0 Å². The number of aliphatic hydroxyl groups is 1. The van der Waals surface area contributed by atoms with Gasteiger partial charge in [-0.3, -0.25) is 4.79 Å². The highest BCUT2D eigenvalue weighted by molar-refractivity contribution is 5.99. The van der Waals surface area contributed by atoms with Gasteiger partial charge in [0.05, 0.1) is 11.6 Å². The summed E-state index contributed by atoms with van der Waals surface area (Å²) in [6.45, 7) is 0.564. The van der Waals surface area contributed by atoms with Crippen molar-refractivity contribution in [2.45, 2.75) is 30.9 Å². The van der Waals surface area contributed by atoms with Gasteiger partial charge in [0.2, 0.25) is 0 Å². The molecule has 1 amide bonds. The van der Waals surface area contributed by atoms with Crippen LogP contribution in [0.2, 0.25) is 0 Å². The molecule has 2 heterocycles. The fourth-order valence-corrected chi connectivity index (χ4v) is 4.14. The fraction of sp³-hybridized carbons (Fsp3) is 0.316. The third-order valence-electron chi connectivity index (χ3n) is 5.17. The van der Waals surface area contributed by atoms with Gasteiger partial charge in [0.25, 0.3) is 5.91 Å². The summed E-state index contributed by atoms with van der Waals surface area (Å²) in [5.41, 5.74) is -0.504. The van der Waals surface area contributed by atoms with Crippen molar-refractivity contribution in [2.24, 2.45) is 0 Å². The Balaban J connectivity index is 2.04. The van der Waals surface area contributed by atoms with Crippen molar-refractivity contribution in [3.05, 3.63) is 59.2 Å². The van der Waals surface area contributed by atoms with Crippen LogP contribution in [0.4, 0.5) is 0 Å². The Morgan fingerprint density at radius 2 is 1.83 bits per heavy atom. The van der Waals surface area contributed by atoms with Gasteiger partial charge in [-0.05, 0) is 30.9 Å². The second-order valence-electron chi connectivity index (χ2n) is 6.53. The molecular formula is C19H19NO4. The first-order chi connectivity index (χ1) is 11.5. The minimum atomic E-state index is -1.50. The third-order valence-corrected chi connectivity index (χ3v) is 5.17.